The van der Waals surface area contributed by atoms with E-state index in [1.54, 1.807) is 13.0 Å². The van der Waals surface area contributed by atoms with Crippen LogP contribution in [0.2, 0.25) is 0 Å². The second-order valence-corrected chi connectivity index (χ2v) is 8.28. The summed E-state index contributed by atoms with van der Waals surface area (Å²) in [6, 6.07) is 4.94. The van der Waals surface area contributed by atoms with Gasteiger partial charge in [0, 0.05) is 24.3 Å². The van der Waals surface area contributed by atoms with E-state index in [2.05, 4.69) is 4.37 Å². The predicted molar refractivity (Wildman–Crippen MR) is 104 cm³/mol. The number of hydrogen-bond donors (Lipinski definition) is 1. The standard InChI is InChI=1S/C17H14F3N3O4S2/c1-8(15(25)26)28-7-11-10-5-9(3-4-12(10)29-21-11)23-14(24)6-13(17(18,19)20)22(2)16(23)27/h3-6,8H,7H2,1-2H3,(H,25,26). The third-order valence-electron chi connectivity index (χ3n) is 4.21. The molecule has 0 fully saturated rings. The topological polar surface area (TPSA) is 94.2 Å². The molecule has 1 N–H and O–H groups in total. The lowest BCUT2D eigenvalue weighted by atomic mass is 10.2. The van der Waals surface area contributed by atoms with E-state index in [-0.39, 0.29) is 11.4 Å². The molecule has 0 aliphatic heterocycles. The summed E-state index contributed by atoms with van der Waals surface area (Å²) in [5, 5.41) is 8.94. The minimum absolute atomic E-state index is 0.106. The van der Waals surface area contributed by atoms with Gasteiger partial charge in [-0.1, -0.05) is 0 Å². The summed E-state index contributed by atoms with van der Waals surface area (Å²) < 4.78 is 45.1. The van der Waals surface area contributed by atoms with E-state index in [4.69, 9.17) is 5.11 Å². The van der Waals surface area contributed by atoms with Crippen molar-refractivity contribution in [2.24, 2.45) is 7.05 Å². The van der Waals surface area contributed by atoms with Gasteiger partial charge in [0.15, 0.2) is 0 Å². The van der Waals surface area contributed by atoms with E-state index in [0.29, 0.717) is 26.3 Å². The molecule has 154 valence electrons. The van der Waals surface area contributed by atoms with E-state index in [1.165, 1.54) is 23.7 Å². The highest BCUT2D eigenvalue weighted by Gasteiger charge is 2.35. The van der Waals surface area contributed by atoms with E-state index >= 15 is 0 Å². The maximum absolute atomic E-state index is 13.0. The van der Waals surface area contributed by atoms with E-state index in [1.807, 2.05) is 0 Å². The number of aromatic nitrogens is 3. The van der Waals surface area contributed by atoms with Gasteiger partial charge in [-0.2, -0.15) is 17.5 Å². The van der Waals surface area contributed by atoms with Crippen LogP contribution in [-0.2, 0) is 23.8 Å². The molecule has 1 atom stereocenters. The van der Waals surface area contributed by atoms with E-state index in [0.717, 1.165) is 23.5 Å². The average Bonchev–Trinajstić information content (AvgIpc) is 3.04. The van der Waals surface area contributed by atoms with Gasteiger partial charge in [0.2, 0.25) is 0 Å². The molecule has 7 nitrogen and oxygen atoms in total. The van der Waals surface area contributed by atoms with Crippen molar-refractivity contribution < 1.29 is 23.1 Å². The number of carbonyl (C=O) groups is 1. The van der Waals surface area contributed by atoms with Gasteiger partial charge in [-0.25, -0.2) is 9.36 Å². The van der Waals surface area contributed by atoms with E-state index in [9.17, 15) is 27.6 Å². The first-order valence-corrected chi connectivity index (χ1v) is 9.96. The summed E-state index contributed by atoms with van der Waals surface area (Å²) in [7, 11) is 0.946. The Morgan fingerprint density at radius 1 is 1.31 bits per heavy atom. The summed E-state index contributed by atoms with van der Waals surface area (Å²) in [5.74, 6) is -0.674. The molecule has 0 saturated heterocycles. The van der Waals surface area contributed by atoms with Crippen LogP contribution in [-0.4, -0.2) is 29.8 Å². The minimum Gasteiger partial charge on any atom is -0.480 e. The first-order valence-electron chi connectivity index (χ1n) is 8.14. The number of benzene rings is 1. The normalized spacial score (nSPS) is 13.0. The predicted octanol–water partition coefficient (Wildman–Crippen LogP) is 2.87. The van der Waals surface area contributed by atoms with Crippen LogP contribution in [0.25, 0.3) is 15.8 Å². The zero-order valence-electron chi connectivity index (χ0n) is 15.1. The van der Waals surface area contributed by atoms with Gasteiger partial charge in [0.1, 0.15) is 5.69 Å². The molecule has 2 heterocycles. The van der Waals surface area contributed by atoms with Crippen molar-refractivity contribution in [3.8, 4) is 5.69 Å². The van der Waals surface area contributed by atoms with Gasteiger partial charge in [-0.15, -0.1) is 11.8 Å². The molecule has 1 unspecified atom stereocenters. The Morgan fingerprint density at radius 3 is 2.62 bits per heavy atom. The van der Waals surface area contributed by atoms with Crippen LogP contribution in [0.3, 0.4) is 0 Å². The fourth-order valence-electron chi connectivity index (χ4n) is 2.63. The molecule has 3 rings (SSSR count). The zero-order chi connectivity index (χ0) is 21.5. The second kappa shape index (κ2) is 7.67. The van der Waals surface area contributed by atoms with Crippen molar-refractivity contribution in [1.29, 1.82) is 0 Å². The van der Waals surface area contributed by atoms with Crippen LogP contribution in [0.15, 0.2) is 33.9 Å². The van der Waals surface area contributed by atoms with Gasteiger partial charge in [-0.05, 0) is 36.7 Å². The SMILES string of the molecule is CC(SCc1nsc2ccc(-n3c(=O)cc(C(F)(F)F)n(C)c3=O)cc12)C(=O)O. The smallest absolute Gasteiger partial charge is 0.431 e. The lowest BCUT2D eigenvalue weighted by molar-refractivity contribution is -0.144. The van der Waals surface area contributed by atoms with Gasteiger partial charge < -0.3 is 5.11 Å². The molecular formula is C17H14F3N3O4S2. The number of carboxylic acids is 1. The van der Waals surface area contributed by atoms with E-state index < -0.39 is 34.3 Å². The summed E-state index contributed by atoms with van der Waals surface area (Å²) in [5.41, 5.74) is -2.88. The zero-order valence-corrected chi connectivity index (χ0v) is 16.7. The first-order chi connectivity index (χ1) is 13.5. The molecule has 2 aromatic heterocycles. The number of carboxylic acid groups (broad SMARTS) is 1. The molecule has 29 heavy (non-hydrogen) atoms. The van der Waals surface area contributed by atoms with Crippen LogP contribution in [0, 0.1) is 0 Å². The fraction of sp³-hybridized carbons (Fsp3) is 0.294. The number of fused-ring (bicyclic) bond motifs is 1. The maximum atomic E-state index is 13.0. The number of halogens is 3. The van der Waals surface area contributed by atoms with Crippen LogP contribution in [0.4, 0.5) is 13.2 Å². The molecule has 0 radical (unpaired) electrons. The molecule has 0 saturated carbocycles. The molecule has 0 spiro atoms. The molecule has 12 heteroatoms. The van der Waals surface area contributed by atoms with Crippen LogP contribution >= 0.6 is 23.3 Å². The highest BCUT2D eigenvalue weighted by molar-refractivity contribution is 7.99. The molecular weight excluding hydrogens is 431 g/mol. The third-order valence-corrected chi connectivity index (χ3v) is 6.22. The monoisotopic (exact) mass is 445 g/mol. The third kappa shape index (κ3) is 4.08. The van der Waals surface area contributed by atoms with Gasteiger partial charge in [0.05, 0.1) is 21.3 Å². The number of nitrogens with zero attached hydrogens (tertiary/aromatic N) is 3. The Labute approximate surface area is 169 Å². The van der Waals surface area contributed by atoms with Crippen LogP contribution in [0.1, 0.15) is 18.3 Å². The fourth-order valence-corrected chi connectivity index (χ4v) is 4.26. The molecule has 0 aliphatic carbocycles. The number of hydrogen-bond acceptors (Lipinski definition) is 6. The maximum Gasteiger partial charge on any atom is 0.431 e. The Balaban J connectivity index is 2.09. The van der Waals surface area contributed by atoms with Crippen molar-refractivity contribution in [1.82, 2.24) is 13.5 Å². The van der Waals surface area contributed by atoms with Crippen molar-refractivity contribution in [3.63, 3.8) is 0 Å². The quantitative estimate of drug-likeness (QED) is 0.649. The Hall–Kier alpha value is -2.60. The summed E-state index contributed by atoms with van der Waals surface area (Å²) in [6.07, 6.45) is -4.83. The first kappa shape index (κ1) is 21.1. The van der Waals surface area contributed by atoms with Gasteiger partial charge >= 0.3 is 17.8 Å². The van der Waals surface area contributed by atoms with Crippen LogP contribution < -0.4 is 11.2 Å². The lowest BCUT2D eigenvalue weighted by Gasteiger charge is -2.14. The Morgan fingerprint density at radius 2 is 2.00 bits per heavy atom. The van der Waals surface area contributed by atoms with Crippen molar-refractivity contribution in [2.45, 2.75) is 24.1 Å². The molecule has 0 amide bonds. The summed E-state index contributed by atoms with van der Waals surface area (Å²) in [6.45, 7) is 1.54. The molecule has 1 aromatic carbocycles. The van der Waals surface area contributed by atoms with Crippen molar-refractivity contribution in [2.75, 3.05) is 0 Å². The molecule has 3 aromatic rings. The Kier molecular flexibility index (Phi) is 5.59. The molecule has 0 aliphatic rings. The highest BCUT2D eigenvalue weighted by atomic mass is 32.2. The minimum atomic E-state index is -4.83. The summed E-state index contributed by atoms with van der Waals surface area (Å²) >= 11 is 2.32. The Bertz CT molecular complexity index is 1210. The lowest BCUT2D eigenvalue weighted by Crippen LogP contribution is -2.40. The molecule has 0 bridgehead atoms. The van der Waals surface area contributed by atoms with Crippen LogP contribution in [0.5, 0.6) is 0 Å². The van der Waals surface area contributed by atoms with Gasteiger partial charge in [-0.3, -0.25) is 14.2 Å². The van der Waals surface area contributed by atoms with Crippen molar-refractivity contribution in [3.05, 3.63) is 56.5 Å². The highest BCUT2D eigenvalue weighted by Crippen LogP contribution is 2.29. The number of rotatable bonds is 5. The van der Waals surface area contributed by atoms with Crippen molar-refractivity contribution >= 4 is 39.3 Å². The largest absolute Gasteiger partial charge is 0.480 e. The van der Waals surface area contributed by atoms with Gasteiger partial charge in [0.25, 0.3) is 5.56 Å². The number of thioether (sulfide) groups is 1. The summed E-state index contributed by atoms with van der Waals surface area (Å²) in [4.78, 5) is 35.7. The average molecular weight is 445 g/mol. The second-order valence-electron chi connectivity index (χ2n) is 6.14. The number of aliphatic carboxylic acids is 1. The number of alkyl halides is 3.